The average Bonchev–Trinajstić information content (AvgIpc) is 2.70. The number of nitriles is 2. The van der Waals surface area contributed by atoms with E-state index in [0.29, 0.717) is 5.56 Å². The number of aryl methyl sites for hydroxylation is 2. The number of carbonyl (C=O) groups excluding carboxylic acids is 4. The van der Waals surface area contributed by atoms with Crippen LogP contribution in [0.15, 0.2) is 29.3 Å². The van der Waals surface area contributed by atoms with Gasteiger partial charge in [-0.2, -0.15) is 29.7 Å². The smallest absolute Gasteiger partial charge is 0.328 e. The van der Waals surface area contributed by atoms with Crippen molar-refractivity contribution in [3.8, 4) is 12.1 Å². The van der Waals surface area contributed by atoms with Crippen molar-refractivity contribution in [1.29, 1.82) is 10.5 Å². The Hall–Kier alpha value is -3.87. The van der Waals surface area contributed by atoms with Crippen LogP contribution < -0.4 is 5.56 Å². The molecule has 0 spiro atoms. The average molecular weight is 403 g/mol. The molecule has 0 fully saturated rings. The van der Waals surface area contributed by atoms with Crippen LogP contribution >= 0.6 is 11.6 Å². The van der Waals surface area contributed by atoms with Gasteiger partial charge in [0.25, 0.3) is 5.56 Å². The van der Waals surface area contributed by atoms with Crippen LogP contribution in [0, 0.1) is 22.7 Å². The van der Waals surface area contributed by atoms with Gasteiger partial charge in [0.05, 0.1) is 5.56 Å². The summed E-state index contributed by atoms with van der Waals surface area (Å²) in [5.74, 6) is 0. The predicted molar refractivity (Wildman–Crippen MR) is 94.5 cm³/mol. The lowest BCUT2D eigenvalue weighted by Gasteiger charge is -1.96. The largest absolute Gasteiger partial charge is 0.373 e. The van der Waals surface area contributed by atoms with Crippen LogP contribution in [0.4, 0.5) is 0 Å². The van der Waals surface area contributed by atoms with E-state index in [9.17, 15) is 4.79 Å². The van der Waals surface area contributed by atoms with Crippen molar-refractivity contribution >= 4 is 23.9 Å². The van der Waals surface area contributed by atoms with Gasteiger partial charge in [0.15, 0.2) is 0 Å². The third kappa shape index (κ3) is 10.9. The molecule has 0 radical (unpaired) electrons. The van der Waals surface area contributed by atoms with Gasteiger partial charge in [0.2, 0.25) is 0 Å². The van der Waals surface area contributed by atoms with Gasteiger partial charge in [-0.1, -0.05) is 25.4 Å². The first kappa shape index (κ1) is 26.4. The molecule has 1 N–H and O–H groups in total. The third-order valence-corrected chi connectivity index (χ3v) is 3.22. The first-order valence-electron chi connectivity index (χ1n) is 7.53. The number of rotatable bonds is 2. The quantitative estimate of drug-likeness (QED) is 0.743. The maximum Gasteiger partial charge on any atom is 0.373 e. The molecule has 2 aromatic rings. The Morgan fingerprint density at radius 1 is 0.964 bits per heavy atom. The fourth-order valence-corrected chi connectivity index (χ4v) is 1.72. The number of aromatic nitrogens is 2. The van der Waals surface area contributed by atoms with E-state index in [1.165, 1.54) is 0 Å². The van der Waals surface area contributed by atoms with Gasteiger partial charge < -0.3 is 4.98 Å². The molecule has 2 rings (SSSR count). The van der Waals surface area contributed by atoms with E-state index < -0.39 is 0 Å². The zero-order valence-corrected chi connectivity index (χ0v) is 15.7. The fraction of sp³-hybridized carbons (Fsp3) is 0.222. The summed E-state index contributed by atoms with van der Waals surface area (Å²) >= 11 is 5.62. The topological polar surface area (TPSA) is 162 Å². The molecule has 0 bridgehead atoms. The number of nitrogens with one attached hydrogen (secondary N) is 1. The summed E-state index contributed by atoms with van der Waals surface area (Å²) in [4.78, 5) is 49.7. The van der Waals surface area contributed by atoms with E-state index in [1.807, 2.05) is 26.0 Å². The highest BCUT2D eigenvalue weighted by atomic mass is 35.5. The zero-order chi connectivity index (χ0) is 21.9. The van der Waals surface area contributed by atoms with E-state index in [4.69, 9.17) is 41.3 Å². The monoisotopic (exact) mass is 402 g/mol. The molecular formula is C18H15ClN4O5. The van der Waals surface area contributed by atoms with Crippen molar-refractivity contribution < 1.29 is 19.2 Å². The van der Waals surface area contributed by atoms with Gasteiger partial charge in [-0.15, -0.1) is 0 Å². The van der Waals surface area contributed by atoms with Crippen LogP contribution in [-0.4, -0.2) is 22.3 Å². The molecule has 2 aromatic heterocycles. The van der Waals surface area contributed by atoms with Crippen molar-refractivity contribution in [3.63, 3.8) is 0 Å². The summed E-state index contributed by atoms with van der Waals surface area (Å²) in [6.07, 6.45) is 5.51. The molecule has 0 saturated carbocycles. The van der Waals surface area contributed by atoms with Crippen LogP contribution in [0.3, 0.4) is 0 Å². The molecule has 2 heterocycles. The van der Waals surface area contributed by atoms with Gasteiger partial charge in [-0.25, -0.2) is 4.98 Å². The normalized spacial score (nSPS) is 7.75. The van der Waals surface area contributed by atoms with E-state index in [1.54, 1.807) is 24.5 Å². The summed E-state index contributed by atoms with van der Waals surface area (Å²) in [7, 11) is 0. The number of halogens is 1. The summed E-state index contributed by atoms with van der Waals surface area (Å²) in [5, 5.41) is 17.3. The van der Waals surface area contributed by atoms with Gasteiger partial charge in [0, 0.05) is 12.4 Å². The minimum absolute atomic E-state index is 0.185. The lowest BCUT2D eigenvalue weighted by molar-refractivity contribution is -0.193. The zero-order valence-electron chi connectivity index (χ0n) is 15.0. The molecule has 144 valence electrons. The summed E-state index contributed by atoms with van der Waals surface area (Å²) in [6.45, 7) is 3.97. The lowest BCUT2D eigenvalue weighted by Crippen LogP contribution is -2.09. The van der Waals surface area contributed by atoms with Crippen LogP contribution in [0.1, 0.15) is 36.1 Å². The number of H-pyrrole nitrogens is 1. The number of hydrogen-bond donors (Lipinski definition) is 1. The number of hydrogen-bond acceptors (Lipinski definition) is 8. The summed E-state index contributed by atoms with van der Waals surface area (Å²) in [6, 6.07) is 7.17. The van der Waals surface area contributed by atoms with E-state index in [0.717, 1.165) is 24.0 Å². The van der Waals surface area contributed by atoms with E-state index >= 15 is 0 Å². The van der Waals surface area contributed by atoms with Crippen molar-refractivity contribution in [3.05, 3.63) is 62.3 Å². The number of nitrogens with zero attached hydrogens (tertiary/aromatic N) is 3. The van der Waals surface area contributed by atoms with Gasteiger partial charge >= 0.3 is 12.3 Å². The molecule has 0 unspecified atom stereocenters. The first-order valence-corrected chi connectivity index (χ1v) is 7.91. The molecule has 0 aliphatic rings. The molecule has 0 aliphatic carbocycles. The third-order valence-electron chi connectivity index (χ3n) is 2.92. The van der Waals surface area contributed by atoms with Gasteiger partial charge in [-0.3, -0.25) is 4.79 Å². The second-order valence-corrected chi connectivity index (χ2v) is 4.89. The fourth-order valence-electron chi connectivity index (χ4n) is 1.58. The molecule has 0 atom stereocenters. The Bertz CT molecular complexity index is 949. The number of aromatic amines is 1. The standard InChI is InChI=1S/C8H7ClN2.C8H8N2O.2CO2/c1-2-6-3-7(4-10)8(9)11-5-6;1-2-6-3-7(4-9)8(11)10-5-6;2*2-1-3/h3,5H,2H2,1H3;3,5H,2H2,1H3,(H,10,11);;. The second-order valence-electron chi connectivity index (χ2n) is 4.53. The first-order chi connectivity index (χ1) is 13.4. The molecule has 28 heavy (non-hydrogen) atoms. The summed E-state index contributed by atoms with van der Waals surface area (Å²) in [5.41, 5.74) is 2.33. The van der Waals surface area contributed by atoms with Crippen LogP contribution in [0.2, 0.25) is 5.15 Å². The second kappa shape index (κ2) is 16.6. The Morgan fingerprint density at radius 3 is 1.86 bits per heavy atom. The van der Waals surface area contributed by atoms with Gasteiger partial charge in [-0.05, 0) is 36.1 Å². The predicted octanol–water partition coefficient (Wildman–Crippen LogP) is 1.81. The molecule has 0 aliphatic heterocycles. The van der Waals surface area contributed by atoms with Crippen LogP contribution in [0.25, 0.3) is 0 Å². The highest BCUT2D eigenvalue weighted by Crippen LogP contribution is 2.12. The van der Waals surface area contributed by atoms with Crippen molar-refractivity contribution in [1.82, 2.24) is 9.97 Å². The Balaban J connectivity index is 0. The summed E-state index contributed by atoms with van der Waals surface area (Å²) < 4.78 is 0. The molecule has 10 heteroatoms. The highest BCUT2D eigenvalue weighted by Gasteiger charge is 2.00. The van der Waals surface area contributed by atoms with E-state index in [-0.39, 0.29) is 28.6 Å². The lowest BCUT2D eigenvalue weighted by atomic mass is 10.2. The van der Waals surface area contributed by atoms with Gasteiger partial charge in [0.1, 0.15) is 22.9 Å². The molecule has 0 aromatic carbocycles. The Labute approximate surface area is 165 Å². The maximum atomic E-state index is 10.8. The Kier molecular flexibility index (Phi) is 15.6. The van der Waals surface area contributed by atoms with Crippen LogP contribution in [0.5, 0.6) is 0 Å². The Morgan fingerprint density at radius 2 is 1.43 bits per heavy atom. The van der Waals surface area contributed by atoms with Crippen molar-refractivity contribution in [2.75, 3.05) is 0 Å². The van der Waals surface area contributed by atoms with E-state index in [2.05, 4.69) is 9.97 Å². The highest BCUT2D eigenvalue weighted by molar-refractivity contribution is 6.30. The van der Waals surface area contributed by atoms with Crippen molar-refractivity contribution in [2.45, 2.75) is 26.7 Å². The van der Waals surface area contributed by atoms with Crippen molar-refractivity contribution in [2.24, 2.45) is 0 Å². The number of pyridine rings is 2. The maximum absolute atomic E-state index is 10.8. The minimum atomic E-state index is -0.315. The van der Waals surface area contributed by atoms with Crippen LogP contribution in [-0.2, 0) is 32.0 Å². The molecule has 0 saturated heterocycles. The molecule has 0 amide bonds. The molecule has 9 nitrogen and oxygen atoms in total. The minimum Gasteiger partial charge on any atom is -0.328 e. The molecular weight excluding hydrogens is 388 g/mol. The SMILES string of the molecule is CCc1c[nH]c(=O)c(C#N)c1.CCc1cnc(Cl)c(C#N)c1.O=C=O.O=C=O.